The second-order valence-electron chi connectivity index (χ2n) is 7.32. The standard InChI is InChI=1S/C24H23N3O4/c28-24-20(15-19(16-23(24)27(29)30)14-18-6-2-1-3-7-18)17-25-21-8-4-5-9-22(21)26-10-12-31-13-11-26/h1-9,15-17,28H,10-14H2. The van der Waals surface area contributed by atoms with Crippen LogP contribution >= 0.6 is 0 Å². The van der Waals surface area contributed by atoms with E-state index in [1.807, 2.05) is 54.6 Å². The van der Waals surface area contributed by atoms with Crippen molar-refractivity contribution in [2.24, 2.45) is 4.99 Å². The molecule has 0 radical (unpaired) electrons. The van der Waals surface area contributed by atoms with Crippen LogP contribution in [0.2, 0.25) is 0 Å². The minimum absolute atomic E-state index is 0.317. The molecule has 7 nitrogen and oxygen atoms in total. The topological polar surface area (TPSA) is 88.2 Å². The molecule has 1 heterocycles. The number of nitro groups is 1. The summed E-state index contributed by atoms with van der Waals surface area (Å²) in [6.07, 6.45) is 2.02. The number of phenols is 1. The van der Waals surface area contributed by atoms with E-state index in [1.54, 1.807) is 6.07 Å². The zero-order chi connectivity index (χ0) is 21.6. The van der Waals surface area contributed by atoms with Crippen molar-refractivity contribution in [1.82, 2.24) is 0 Å². The van der Waals surface area contributed by atoms with Crippen molar-refractivity contribution in [3.05, 3.63) is 93.5 Å². The number of hydrogen-bond donors (Lipinski definition) is 1. The van der Waals surface area contributed by atoms with Crippen LogP contribution in [0, 0.1) is 10.1 Å². The molecular weight excluding hydrogens is 394 g/mol. The Labute approximate surface area is 180 Å². The second kappa shape index (κ2) is 9.40. The van der Waals surface area contributed by atoms with E-state index >= 15 is 0 Å². The number of phenolic OH excluding ortho intramolecular Hbond substituents is 1. The Morgan fingerprint density at radius 1 is 1.03 bits per heavy atom. The number of morpholine rings is 1. The first-order valence-corrected chi connectivity index (χ1v) is 10.1. The number of aromatic hydroxyl groups is 1. The third-order valence-corrected chi connectivity index (χ3v) is 5.20. The van der Waals surface area contributed by atoms with Crippen molar-refractivity contribution in [2.45, 2.75) is 6.42 Å². The number of nitro benzene ring substituents is 1. The number of anilines is 1. The lowest BCUT2D eigenvalue weighted by molar-refractivity contribution is -0.385. The summed E-state index contributed by atoms with van der Waals surface area (Å²) in [6, 6.07) is 20.6. The van der Waals surface area contributed by atoms with Crippen molar-refractivity contribution in [3.63, 3.8) is 0 Å². The molecule has 1 N–H and O–H groups in total. The molecule has 0 bridgehead atoms. The number of rotatable bonds is 6. The summed E-state index contributed by atoms with van der Waals surface area (Å²) in [5.41, 5.74) is 3.46. The quantitative estimate of drug-likeness (QED) is 0.363. The second-order valence-corrected chi connectivity index (χ2v) is 7.32. The molecule has 7 heteroatoms. The largest absolute Gasteiger partial charge is 0.502 e. The summed E-state index contributed by atoms with van der Waals surface area (Å²) in [5, 5.41) is 22.0. The van der Waals surface area contributed by atoms with Gasteiger partial charge >= 0.3 is 5.69 Å². The molecule has 0 aromatic heterocycles. The van der Waals surface area contributed by atoms with Crippen LogP contribution in [-0.2, 0) is 11.2 Å². The molecule has 0 amide bonds. The van der Waals surface area contributed by atoms with Gasteiger partial charge in [-0.25, -0.2) is 0 Å². The molecule has 0 saturated carbocycles. The normalized spacial score (nSPS) is 14.1. The first-order chi connectivity index (χ1) is 15.1. The lowest BCUT2D eigenvalue weighted by atomic mass is 10.0. The van der Waals surface area contributed by atoms with Gasteiger partial charge in [-0.3, -0.25) is 15.1 Å². The molecule has 4 rings (SSSR count). The molecule has 0 unspecified atom stereocenters. The number of ether oxygens (including phenoxy) is 1. The Morgan fingerprint density at radius 3 is 2.48 bits per heavy atom. The highest BCUT2D eigenvalue weighted by atomic mass is 16.6. The predicted octanol–water partition coefficient (Wildman–Crippen LogP) is 4.48. The fourth-order valence-corrected chi connectivity index (χ4v) is 3.66. The monoisotopic (exact) mass is 417 g/mol. The molecule has 3 aromatic rings. The highest BCUT2D eigenvalue weighted by Gasteiger charge is 2.19. The molecule has 1 aliphatic rings. The third kappa shape index (κ3) is 4.90. The lowest BCUT2D eigenvalue weighted by Gasteiger charge is -2.29. The predicted molar refractivity (Wildman–Crippen MR) is 121 cm³/mol. The Hall–Kier alpha value is -3.71. The fraction of sp³-hybridized carbons (Fsp3) is 0.208. The highest BCUT2D eigenvalue weighted by Crippen LogP contribution is 2.33. The summed E-state index contributed by atoms with van der Waals surface area (Å²) < 4.78 is 5.43. The SMILES string of the molecule is O=[N+]([O-])c1cc(Cc2ccccc2)cc(C=Nc2ccccc2N2CCOCC2)c1O. The van der Waals surface area contributed by atoms with Crippen LogP contribution in [0.25, 0.3) is 0 Å². The molecule has 0 atom stereocenters. The smallest absolute Gasteiger partial charge is 0.311 e. The van der Waals surface area contributed by atoms with Crippen LogP contribution in [-0.4, -0.2) is 42.5 Å². The van der Waals surface area contributed by atoms with Gasteiger partial charge in [0.1, 0.15) is 0 Å². The number of para-hydroxylation sites is 2. The van der Waals surface area contributed by atoms with Crippen LogP contribution in [0.3, 0.4) is 0 Å². The van der Waals surface area contributed by atoms with Crippen LogP contribution in [0.5, 0.6) is 5.75 Å². The summed E-state index contributed by atoms with van der Waals surface area (Å²) >= 11 is 0. The van der Waals surface area contributed by atoms with Gasteiger partial charge in [-0.05, 0) is 35.7 Å². The van der Waals surface area contributed by atoms with E-state index in [-0.39, 0.29) is 11.4 Å². The Bertz CT molecular complexity index is 1090. The number of benzene rings is 3. The van der Waals surface area contributed by atoms with E-state index in [2.05, 4.69) is 9.89 Å². The van der Waals surface area contributed by atoms with Gasteiger partial charge in [-0.1, -0.05) is 42.5 Å². The van der Waals surface area contributed by atoms with Gasteiger partial charge in [-0.15, -0.1) is 0 Å². The third-order valence-electron chi connectivity index (χ3n) is 5.20. The zero-order valence-electron chi connectivity index (χ0n) is 17.0. The van der Waals surface area contributed by atoms with E-state index < -0.39 is 4.92 Å². The van der Waals surface area contributed by atoms with Gasteiger partial charge in [0, 0.05) is 30.9 Å². The van der Waals surface area contributed by atoms with Crippen LogP contribution < -0.4 is 4.90 Å². The zero-order valence-corrected chi connectivity index (χ0v) is 17.0. The average Bonchev–Trinajstić information content (AvgIpc) is 2.80. The molecule has 0 aliphatic carbocycles. The van der Waals surface area contributed by atoms with Gasteiger partial charge in [0.05, 0.1) is 29.5 Å². The van der Waals surface area contributed by atoms with Gasteiger partial charge < -0.3 is 14.7 Å². The molecule has 1 aliphatic heterocycles. The van der Waals surface area contributed by atoms with E-state index in [0.29, 0.717) is 25.2 Å². The summed E-state index contributed by atoms with van der Waals surface area (Å²) in [6.45, 7) is 2.87. The number of hydrogen-bond acceptors (Lipinski definition) is 6. The number of nitrogens with zero attached hydrogens (tertiary/aromatic N) is 3. The molecule has 1 saturated heterocycles. The maximum atomic E-state index is 11.5. The lowest BCUT2D eigenvalue weighted by Crippen LogP contribution is -2.36. The van der Waals surface area contributed by atoms with Gasteiger partial charge in [0.15, 0.2) is 0 Å². The minimum atomic E-state index is -0.567. The van der Waals surface area contributed by atoms with Crippen LogP contribution in [0.1, 0.15) is 16.7 Å². The molecule has 3 aromatic carbocycles. The van der Waals surface area contributed by atoms with Crippen molar-refractivity contribution in [2.75, 3.05) is 31.2 Å². The van der Waals surface area contributed by atoms with Gasteiger partial charge in [-0.2, -0.15) is 0 Å². The van der Waals surface area contributed by atoms with E-state index in [4.69, 9.17) is 4.74 Å². The van der Waals surface area contributed by atoms with Crippen molar-refractivity contribution in [3.8, 4) is 5.75 Å². The van der Waals surface area contributed by atoms with Gasteiger partial charge in [0.25, 0.3) is 0 Å². The summed E-state index contributed by atoms with van der Waals surface area (Å²) in [7, 11) is 0. The van der Waals surface area contributed by atoms with Gasteiger partial charge in [0.2, 0.25) is 5.75 Å². The van der Waals surface area contributed by atoms with E-state index in [0.717, 1.165) is 35.6 Å². The molecule has 31 heavy (non-hydrogen) atoms. The summed E-state index contributed by atoms with van der Waals surface area (Å²) in [5.74, 6) is -0.380. The van der Waals surface area contributed by atoms with E-state index in [9.17, 15) is 15.2 Å². The molecular formula is C24H23N3O4. The molecule has 1 fully saturated rings. The average molecular weight is 417 g/mol. The first-order valence-electron chi connectivity index (χ1n) is 10.1. The van der Waals surface area contributed by atoms with Crippen LogP contribution in [0.15, 0.2) is 71.7 Å². The highest BCUT2D eigenvalue weighted by molar-refractivity contribution is 5.89. The maximum Gasteiger partial charge on any atom is 0.311 e. The van der Waals surface area contributed by atoms with Crippen molar-refractivity contribution in [1.29, 1.82) is 0 Å². The minimum Gasteiger partial charge on any atom is -0.502 e. The Morgan fingerprint density at radius 2 is 1.74 bits per heavy atom. The van der Waals surface area contributed by atoms with E-state index in [1.165, 1.54) is 12.3 Å². The first kappa shape index (κ1) is 20.6. The Balaban J connectivity index is 1.68. The van der Waals surface area contributed by atoms with Crippen molar-refractivity contribution >= 4 is 23.3 Å². The fourth-order valence-electron chi connectivity index (χ4n) is 3.66. The maximum absolute atomic E-state index is 11.5. The van der Waals surface area contributed by atoms with Crippen LogP contribution in [0.4, 0.5) is 17.1 Å². The number of aliphatic imine (C=N–C) groups is 1. The molecule has 0 spiro atoms. The Kier molecular flexibility index (Phi) is 6.24. The van der Waals surface area contributed by atoms with Crippen molar-refractivity contribution < 1.29 is 14.8 Å². The molecule has 158 valence electrons. The summed E-state index contributed by atoms with van der Waals surface area (Å²) in [4.78, 5) is 17.7.